The fourth-order valence-corrected chi connectivity index (χ4v) is 3.46. The molecule has 0 spiro atoms. The molecule has 1 atom stereocenters. The van der Waals surface area contributed by atoms with Gasteiger partial charge in [-0.2, -0.15) is 4.31 Å². The van der Waals surface area contributed by atoms with Crippen LogP contribution in [0.1, 0.15) is 23.9 Å². The van der Waals surface area contributed by atoms with Crippen LogP contribution in [0.5, 0.6) is 0 Å². The number of amides is 1. The van der Waals surface area contributed by atoms with Crippen LogP contribution in [0, 0.1) is 0 Å². The monoisotopic (exact) mass is 302 g/mol. The van der Waals surface area contributed by atoms with E-state index in [-0.39, 0.29) is 25.0 Å². The van der Waals surface area contributed by atoms with E-state index < -0.39 is 26.8 Å². The zero-order valence-electron chi connectivity index (χ0n) is 10.7. The second kappa shape index (κ2) is 5.25. The number of sulfonamides is 1. The van der Waals surface area contributed by atoms with Crippen molar-refractivity contribution in [3.05, 3.63) is 17.9 Å². The average molecular weight is 302 g/mol. The lowest BCUT2D eigenvalue weighted by atomic mass is 10.3. The van der Waals surface area contributed by atoms with E-state index in [9.17, 15) is 18.0 Å². The first-order valence-electron chi connectivity index (χ1n) is 5.91. The minimum atomic E-state index is -3.87. The number of aromatic carboxylic acids is 1. The van der Waals surface area contributed by atoms with Crippen LogP contribution in [0.4, 0.5) is 0 Å². The van der Waals surface area contributed by atoms with Gasteiger partial charge in [-0.3, -0.25) is 4.79 Å². The van der Waals surface area contributed by atoms with Gasteiger partial charge in [-0.1, -0.05) is 0 Å². The second-order valence-corrected chi connectivity index (χ2v) is 6.34. The summed E-state index contributed by atoms with van der Waals surface area (Å²) >= 11 is 0. The number of hydrogen-bond donors (Lipinski definition) is 2. The maximum absolute atomic E-state index is 12.2. The van der Waals surface area contributed by atoms with Crippen molar-refractivity contribution in [2.75, 3.05) is 13.1 Å². The lowest BCUT2D eigenvalue weighted by molar-refractivity contribution is -0.119. The van der Waals surface area contributed by atoms with E-state index in [1.165, 1.54) is 6.92 Å². The van der Waals surface area contributed by atoms with Gasteiger partial charge in [0.15, 0.2) is 0 Å². The van der Waals surface area contributed by atoms with Crippen molar-refractivity contribution in [2.45, 2.75) is 24.5 Å². The van der Waals surface area contributed by atoms with Crippen molar-refractivity contribution in [2.24, 2.45) is 0 Å². The fraction of sp³-hybridized carbons (Fsp3) is 0.455. The number of carbonyl (C=O) groups is 2. The maximum atomic E-state index is 12.2. The summed E-state index contributed by atoms with van der Waals surface area (Å²) in [4.78, 5) is 21.6. The molecule has 0 radical (unpaired) electrons. The summed E-state index contributed by atoms with van der Waals surface area (Å²) < 4.78 is 30.4. The van der Waals surface area contributed by atoms with Crippen LogP contribution in [0.25, 0.3) is 0 Å². The molecule has 0 bridgehead atoms. The highest BCUT2D eigenvalue weighted by Crippen LogP contribution is 2.23. The SMILES string of the molecule is CC(=O)NC1CCN(S(=O)(=O)c2ccc(C(=O)O)o2)C1. The Morgan fingerprint density at radius 3 is 2.70 bits per heavy atom. The first-order valence-corrected chi connectivity index (χ1v) is 7.35. The zero-order valence-corrected chi connectivity index (χ0v) is 11.5. The molecule has 1 aliphatic heterocycles. The highest BCUT2D eigenvalue weighted by atomic mass is 32.2. The van der Waals surface area contributed by atoms with Gasteiger partial charge >= 0.3 is 5.97 Å². The molecule has 1 amide bonds. The van der Waals surface area contributed by atoms with Gasteiger partial charge in [0, 0.05) is 26.1 Å². The van der Waals surface area contributed by atoms with Gasteiger partial charge < -0.3 is 14.8 Å². The minimum absolute atomic E-state index is 0.144. The third-order valence-corrected chi connectivity index (χ3v) is 4.68. The Morgan fingerprint density at radius 1 is 1.45 bits per heavy atom. The van der Waals surface area contributed by atoms with Crippen LogP contribution in [0.3, 0.4) is 0 Å². The molecule has 2 heterocycles. The van der Waals surface area contributed by atoms with Gasteiger partial charge in [0.1, 0.15) is 0 Å². The van der Waals surface area contributed by atoms with Crippen LogP contribution in [0.15, 0.2) is 21.6 Å². The minimum Gasteiger partial charge on any atom is -0.475 e. The maximum Gasteiger partial charge on any atom is 0.371 e. The van der Waals surface area contributed by atoms with Gasteiger partial charge in [0.25, 0.3) is 10.0 Å². The summed E-state index contributed by atoms with van der Waals surface area (Å²) in [5.74, 6) is -1.98. The first-order chi connectivity index (χ1) is 9.30. The highest BCUT2D eigenvalue weighted by Gasteiger charge is 2.35. The Kier molecular flexibility index (Phi) is 3.82. The third-order valence-electron chi connectivity index (χ3n) is 2.94. The molecular formula is C11H14N2O6S. The summed E-state index contributed by atoms with van der Waals surface area (Å²) in [6, 6.07) is 1.97. The van der Waals surface area contributed by atoms with Crippen molar-refractivity contribution >= 4 is 21.9 Å². The fourth-order valence-electron chi connectivity index (χ4n) is 2.05. The predicted octanol–water partition coefficient (Wildman–Crippen LogP) is -0.123. The third kappa shape index (κ3) is 2.83. The number of furan rings is 1. The number of carboxylic acids is 1. The van der Waals surface area contributed by atoms with Crippen molar-refractivity contribution in [3.8, 4) is 0 Å². The van der Waals surface area contributed by atoms with Gasteiger partial charge in [0.05, 0.1) is 0 Å². The van der Waals surface area contributed by atoms with Gasteiger partial charge in [-0.15, -0.1) is 0 Å². The molecule has 2 rings (SSSR count). The number of nitrogens with zero attached hydrogens (tertiary/aromatic N) is 1. The average Bonchev–Trinajstić information content (AvgIpc) is 2.95. The van der Waals surface area contributed by atoms with Crippen molar-refractivity contribution in [1.82, 2.24) is 9.62 Å². The molecule has 0 saturated carbocycles. The lowest BCUT2D eigenvalue weighted by Gasteiger charge is -2.14. The summed E-state index contributed by atoms with van der Waals surface area (Å²) in [5, 5.41) is 11.0. The van der Waals surface area contributed by atoms with Gasteiger partial charge in [0.2, 0.25) is 16.8 Å². The summed E-state index contributed by atoms with van der Waals surface area (Å²) in [6.07, 6.45) is 0.505. The number of hydrogen-bond acceptors (Lipinski definition) is 5. The summed E-state index contributed by atoms with van der Waals surface area (Å²) in [6.45, 7) is 1.75. The molecule has 0 aromatic carbocycles. The Balaban J connectivity index is 2.15. The van der Waals surface area contributed by atoms with Gasteiger partial charge in [-0.25, -0.2) is 13.2 Å². The molecule has 2 N–H and O–H groups in total. The van der Waals surface area contributed by atoms with Crippen molar-refractivity contribution in [3.63, 3.8) is 0 Å². The number of rotatable bonds is 4. The topological polar surface area (TPSA) is 117 Å². The van der Waals surface area contributed by atoms with Crippen molar-refractivity contribution < 1.29 is 27.5 Å². The van der Waals surface area contributed by atoms with Crippen molar-refractivity contribution in [1.29, 1.82) is 0 Å². The number of nitrogens with one attached hydrogen (secondary N) is 1. The Morgan fingerprint density at radius 2 is 2.15 bits per heavy atom. The molecule has 1 unspecified atom stereocenters. The van der Waals surface area contributed by atoms with E-state index in [0.717, 1.165) is 16.4 Å². The smallest absolute Gasteiger partial charge is 0.371 e. The Hall–Kier alpha value is -1.87. The molecule has 0 aliphatic carbocycles. The van der Waals surface area contributed by atoms with Crippen LogP contribution in [-0.2, 0) is 14.8 Å². The van der Waals surface area contributed by atoms with Crippen LogP contribution >= 0.6 is 0 Å². The summed E-state index contributed by atoms with van der Waals surface area (Å²) in [5.41, 5.74) is 0. The van der Waals surface area contributed by atoms with E-state index in [1.54, 1.807) is 0 Å². The van der Waals surface area contributed by atoms with E-state index in [0.29, 0.717) is 6.42 Å². The second-order valence-electron chi connectivity index (χ2n) is 4.47. The largest absolute Gasteiger partial charge is 0.475 e. The number of carboxylic acid groups (broad SMARTS) is 1. The summed E-state index contributed by atoms with van der Waals surface area (Å²) in [7, 11) is -3.87. The molecule has 1 fully saturated rings. The van der Waals surface area contributed by atoms with Gasteiger partial charge in [-0.05, 0) is 18.6 Å². The molecular weight excluding hydrogens is 288 g/mol. The Labute approximate surface area is 115 Å². The standard InChI is InChI=1S/C11H14N2O6S/c1-7(14)12-8-4-5-13(6-8)20(17,18)10-3-2-9(19-10)11(15)16/h2-3,8H,4-6H2,1H3,(H,12,14)(H,15,16). The van der Waals surface area contributed by atoms with E-state index in [4.69, 9.17) is 9.52 Å². The normalized spacial score (nSPS) is 19.9. The van der Waals surface area contributed by atoms with E-state index in [2.05, 4.69) is 5.32 Å². The quantitative estimate of drug-likeness (QED) is 0.800. The zero-order chi connectivity index (χ0) is 14.9. The van der Waals surface area contributed by atoms with E-state index >= 15 is 0 Å². The molecule has 20 heavy (non-hydrogen) atoms. The molecule has 1 aromatic rings. The van der Waals surface area contributed by atoms with Crippen LogP contribution in [0.2, 0.25) is 0 Å². The molecule has 1 aliphatic rings. The molecule has 1 saturated heterocycles. The van der Waals surface area contributed by atoms with Crippen LogP contribution < -0.4 is 5.32 Å². The first kappa shape index (κ1) is 14.5. The highest BCUT2D eigenvalue weighted by molar-refractivity contribution is 7.89. The Bertz CT molecular complexity index is 635. The molecule has 9 heteroatoms. The lowest BCUT2D eigenvalue weighted by Crippen LogP contribution is -2.37. The molecule has 8 nitrogen and oxygen atoms in total. The number of carbonyl (C=O) groups excluding carboxylic acids is 1. The van der Waals surface area contributed by atoms with E-state index in [1.807, 2.05) is 0 Å². The van der Waals surface area contributed by atoms with Crippen LogP contribution in [-0.4, -0.2) is 48.8 Å². The molecule has 1 aromatic heterocycles. The molecule has 110 valence electrons. The predicted molar refractivity (Wildman–Crippen MR) is 66.6 cm³/mol.